The minimum Gasteiger partial charge on any atom is -0.493 e. The normalized spacial score (nSPS) is 10.3. The van der Waals surface area contributed by atoms with Crippen LogP contribution in [-0.4, -0.2) is 14.2 Å². The molecule has 0 fully saturated rings. The molecule has 0 aliphatic carbocycles. The van der Waals surface area contributed by atoms with Crippen molar-refractivity contribution >= 4 is 17.4 Å². The van der Waals surface area contributed by atoms with Crippen LogP contribution in [0.2, 0.25) is 0 Å². The first-order chi connectivity index (χ1) is 9.15. The van der Waals surface area contributed by atoms with Crippen LogP contribution < -0.4 is 15.2 Å². The van der Waals surface area contributed by atoms with Crippen molar-refractivity contribution in [1.29, 1.82) is 0 Å². The molecule has 2 aromatic rings. The number of anilines is 1. The zero-order valence-corrected chi connectivity index (χ0v) is 12.1. The van der Waals surface area contributed by atoms with Crippen molar-refractivity contribution in [2.75, 3.05) is 20.0 Å². The fraction of sp³-hybridized carbons (Fsp3) is 0.200. The molecular weight excluding hydrogens is 258 g/mol. The molecule has 0 unspecified atom stereocenters. The lowest BCUT2D eigenvalue weighted by molar-refractivity contribution is 0.354. The van der Waals surface area contributed by atoms with Gasteiger partial charge in [-0.25, -0.2) is 0 Å². The van der Waals surface area contributed by atoms with Crippen LogP contribution in [-0.2, 0) is 0 Å². The number of ether oxygens (including phenoxy) is 2. The van der Waals surface area contributed by atoms with Crippen molar-refractivity contribution in [3.8, 4) is 11.5 Å². The fourth-order valence-electron chi connectivity index (χ4n) is 1.75. The molecule has 3 nitrogen and oxygen atoms in total. The van der Waals surface area contributed by atoms with E-state index in [0.717, 1.165) is 4.90 Å². The molecule has 4 heteroatoms. The fourth-order valence-corrected chi connectivity index (χ4v) is 2.71. The van der Waals surface area contributed by atoms with Gasteiger partial charge in [0.25, 0.3) is 0 Å². The van der Waals surface area contributed by atoms with E-state index < -0.39 is 0 Å². The summed E-state index contributed by atoms with van der Waals surface area (Å²) in [5.41, 5.74) is 7.97. The highest BCUT2D eigenvalue weighted by atomic mass is 32.2. The molecule has 0 atom stereocenters. The van der Waals surface area contributed by atoms with Gasteiger partial charge in [0, 0.05) is 21.5 Å². The maximum absolute atomic E-state index is 6.06. The van der Waals surface area contributed by atoms with Crippen molar-refractivity contribution < 1.29 is 9.47 Å². The minimum absolute atomic E-state index is 0.647. The molecule has 0 aliphatic rings. The average molecular weight is 275 g/mol. The van der Waals surface area contributed by atoms with Crippen LogP contribution >= 0.6 is 11.8 Å². The predicted octanol–water partition coefficient (Wildman–Crippen LogP) is 3.75. The third-order valence-electron chi connectivity index (χ3n) is 2.83. The third kappa shape index (κ3) is 2.96. The van der Waals surface area contributed by atoms with Crippen LogP contribution in [0.15, 0.2) is 46.2 Å². The summed E-state index contributed by atoms with van der Waals surface area (Å²) in [5.74, 6) is 1.34. The Morgan fingerprint density at radius 2 is 1.58 bits per heavy atom. The first kappa shape index (κ1) is 13.6. The molecule has 0 aromatic heterocycles. The number of benzene rings is 2. The second-order valence-corrected chi connectivity index (χ2v) is 5.20. The molecule has 19 heavy (non-hydrogen) atoms. The number of nitrogen functional groups attached to an aromatic ring is 1. The Hall–Kier alpha value is -1.81. The van der Waals surface area contributed by atoms with Gasteiger partial charge in [0.15, 0.2) is 11.5 Å². The molecule has 2 rings (SSSR count). The minimum atomic E-state index is 0.647. The molecule has 100 valence electrons. The van der Waals surface area contributed by atoms with Gasteiger partial charge in [0.05, 0.1) is 14.2 Å². The Bertz CT molecular complexity index is 584. The maximum Gasteiger partial charge on any atom is 0.162 e. The highest BCUT2D eigenvalue weighted by molar-refractivity contribution is 7.99. The molecule has 0 spiro atoms. The molecule has 0 saturated heterocycles. The van der Waals surface area contributed by atoms with Crippen molar-refractivity contribution in [3.63, 3.8) is 0 Å². The Morgan fingerprint density at radius 1 is 0.947 bits per heavy atom. The monoisotopic (exact) mass is 275 g/mol. The summed E-state index contributed by atoms with van der Waals surface area (Å²) in [6.45, 7) is 2.08. The van der Waals surface area contributed by atoms with E-state index in [1.165, 1.54) is 10.5 Å². The van der Waals surface area contributed by atoms with E-state index in [1.807, 2.05) is 18.2 Å². The van der Waals surface area contributed by atoms with Gasteiger partial charge in [-0.1, -0.05) is 30.0 Å². The van der Waals surface area contributed by atoms with Crippen molar-refractivity contribution in [2.24, 2.45) is 0 Å². The van der Waals surface area contributed by atoms with Gasteiger partial charge in [-0.2, -0.15) is 0 Å². The number of hydrogen-bond acceptors (Lipinski definition) is 4. The molecule has 2 N–H and O–H groups in total. The van der Waals surface area contributed by atoms with E-state index in [1.54, 1.807) is 32.0 Å². The first-order valence-corrected chi connectivity index (χ1v) is 6.72. The van der Waals surface area contributed by atoms with Gasteiger partial charge >= 0.3 is 0 Å². The second kappa shape index (κ2) is 5.89. The topological polar surface area (TPSA) is 44.5 Å². The van der Waals surface area contributed by atoms with E-state index in [2.05, 4.69) is 19.1 Å². The Kier molecular flexibility index (Phi) is 4.22. The van der Waals surface area contributed by atoms with Crippen LogP contribution in [0.3, 0.4) is 0 Å². The lowest BCUT2D eigenvalue weighted by atomic mass is 10.2. The van der Waals surface area contributed by atoms with Crippen molar-refractivity contribution in [3.05, 3.63) is 42.0 Å². The summed E-state index contributed by atoms with van der Waals surface area (Å²) >= 11 is 1.63. The summed E-state index contributed by atoms with van der Waals surface area (Å²) in [5, 5.41) is 0. The summed E-state index contributed by atoms with van der Waals surface area (Å²) in [6.07, 6.45) is 0. The summed E-state index contributed by atoms with van der Waals surface area (Å²) in [4.78, 5) is 2.15. The summed E-state index contributed by atoms with van der Waals surface area (Å²) in [6, 6.07) is 11.9. The maximum atomic E-state index is 6.06. The number of rotatable bonds is 4. The zero-order valence-electron chi connectivity index (χ0n) is 11.3. The third-order valence-corrected chi connectivity index (χ3v) is 4.08. The van der Waals surface area contributed by atoms with Crippen LogP contribution in [0.1, 0.15) is 5.56 Å². The van der Waals surface area contributed by atoms with Gasteiger partial charge in [0.2, 0.25) is 0 Å². The number of nitrogens with two attached hydrogens (primary N) is 1. The van der Waals surface area contributed by atoms with Crippen molar-refractivity contribution in [2.45, 2.75) is 16.7 Å². The molecule has 0 heterocycles. The van der Waals surface area contributed by atoms with E-state index in [0.29, 0.717) is 17.2 Å². The molecule has 0 radical (unpaired) electrons. The first-order valence-electron chi connectivity index (χ1n) is 5.90. The predicted molar refractivity (Wildman–Crippen MR) is 79.3 cm³/mol. The van der Waals surface area contributed by atoms with E-state index in [4.69, 9.17) is 15.2 Å². The van der Waals surface area contributed by atoms with Gasteiger partial charge in [-0.05, 0) is 24.6 Å². The molecule has 0 aliphatic heterocycles. The van der Waals surface area contributed by atoms with E-state index in [-0.39, 0.29) is 0 Å². The number of aryl methyl sites for hydroxylation is 1. The highest BCUT2D eigenvalue weighted by Gasteiger charge is 2.11. The van der Waals surface area contributed by atoms with E-state index >= 15 is 0 Å². The molecular formula is C15H17NO2S. The Labute approximate surface area is 117 Å². The van der Waals surface area contributed by atoms with Gasteiger partial charge < -0.3 is 15.2 Å². The van der Waals surface area contributed by atoms with Gasteiger partial charge in [-0.3, -0.25) is 0 Å². The Balaban J connectivity index is 2.38. The highest BCUT2D eigenvalue weighted by Crippen LogP contribution is 2.40. The van der Waals surface area contributed by atoms with Crippen molar-refractivity contribution in [1.82, 2.24) is 0 Å². The SMILES string of the molecule is COc1cc(N)c(Sc2ccccc2C)cc1OC. The molecule has 0 saturated carbocycles. The molecule has 2 aromatic carbocycles. The molecule has 0 bridgehead atoms. The standard InChI is InChI=1S/C15H17NO2S/c1-10-6-4-5-7-14(10)19-15-9-13(18-3)12(17-2)8-11(15)16/h4-9H,16H2,1-3H3. The largest absolute Gasteiger partial charge is 0.493 e. The van der Waals surface area contributed by atoms with Crippen LogP contribution in [0, 0.1) is 6.92 Å². The lowest BCUT2D eigenvalue weighted by Crippen LogP contribution is -1.95. The Morgan fingerprint density at radius 3 is 2.21 bits per heavy atom. The number of methoxy groups -OCH3 is 2. The van der Waals surface area contributed by atoms with Crippen LogP contribution in [0.5, 0.6) is 11.5 Å². The van der Waals surface area contributed by atoms with Crippen LogP contribution in [0.25, 0.3) is 0 Å². The summed E-state index contributed by atoms with van der Waals surface area (Å²) in [7, 11) is 3.22. The smallest absolute Gasteiger partial charge is 0.162 e. The zero-order chi connectivity index (χ0) is 13.8. The molecule has 0 amide bonds. The van der Waals surface area contributed by atoms with Gasteiger partial charge in [0.1, 0.15) is 0 Å². The van der Waals surface area contributed by atoms with E-state index in [9.17, 15) is 0 Å². The number of hydrogen-bond donors (Lipinski definition) is 1. The quantitative estimate of drug-likeness (QED) is 0.863. The average Bonchev–Trinajstić information content (AvgIpc) is 2.42. The summed E-state index contributed by atoms with van der Waals surface area (Å²) < 4.78 is 10.5. The van der Waals surface area contributed by atoms with Crippen LogP contribution in [0.4, 0.5) is 5.69 Å². The lowest BCUT2D eigenvalue weighted by Gasteiger charge is -2.13. The second-order valence-electron chi connectivity index (χ2n) is 4.11. The van der Waals surface area contributed by atoms with Gasteiger partial charge in [-0.15, -0.1) is 0 Å².